The summed E-state index contributed by atoms with van der Waals surface area (Å²) in [6.07, 6.45) is 3.72. The van der Waals surface area contributed by atoms with Crippen LogP contribution in [0, 0.1) is 0 Å². The molecule has 0 aromatic heterocycles. The largest absolute Gasteiger partial charge is 0.457 e. The minimum atomic E-state index is -0.398. The average Bonchev–Trinajstić information content (AvgIpc) is 2.32. The van der Waals surface area contributed by atoms with Gasteiger partial charge in [0.05, 0.1) is 0 Å². The van der Waals surface area contributed by atoms with Gasteiger partial charge < -0.3 is 9.64 Å². The fourth-order valence-electron chi connectivity index (χ4n) is 1.48. The Labute approximate surface area is 85.7 Å². The number of carbonyl (C=O) groups excluding carboxylic acids is 1. The lowest BCUT2D eigenvalue weighted by atomic mass is 10.2. The number of hydrogen-bond acceptors (Lipinski definition) is 3. The summed E-state index contributed by atoms with van der Waals surface area (Å²) in [5, 5.41) is 0. The second-order valence-corrected chi connectivity index (χ2v) is 4.69. The zero-order valence-electron chi connectivity index (χ0n) is 9.46. The van der Waals surface area contributed by atoms with Crippen LogP contribution in [-0.4, -0.2) is 30.1 Å². The summed E-state index contributed by atoms with van der Waals surface area (Å²) in [5.41, 5.74) is 0.685. The summed E-state index contributed by atoms with van der Waals surface area (Å²) in [6.45, 7) is 6.67. The standard InChI is InChI=1S/C11H19NO2/c1-11(2,3)14-10(13)8-9-6-5-7-12(9)4/h8H,5-7H2,1-4H3. The third kappa shape index (κ3) is 3.40. The van der Waals surface area contributed by atoms with Gasteiger partial charge in [0.2, 0.25) is 0 Å². The molecule has 14 heavy (non-hydrogen) atoms. The highest BCUT2D eigenvalue weighted by atomic mass is 16.6. The summed E-state index contributed by atoms with van der Waals surface area (Å²) >= 11 is 0. The minimum absolute atomic E-state index is 0.235. The van der Waals surface area contributed by atoms with Gasteiger partial charge in [-0.1, -0.05) is 0 Å². The van der Waals surface area contributed by atoms with Crippen molar-refractivity contribution < 1.29 is 9.53 Å². The van der Waals surface area contributed by atoms with Crippen molar-refractivity contribution in [3.05, 3.63) is 11.8 Å². The van der Waals surface area contributed by atoms with Gasteiger partial charge in [0.1, 0.15) is 5.60 Å². The number of rotatable bonds is 1. The van der Waals surface area contributed by atoms with Crippen molar-refractivity contribution in [2.75, 3.05) is 13.6 Å². The molecule has 0 unspecified atom stereocenters. The molecule has 1 saturated heterocycles. The number of nitrogens with zero attached hydrogens (tertiary/aromatic N) is 1. The first kappa shape index (κ1) is 11.1. The number of ether oxygens (including phenoxy) is 1. The molecule has 80 valence electrons. The highest BCUT2D eigenvalue weighted by Gasteiger charge is 2.18. The Hall–Kier alpha value is -0.990. The van der Waals surface area contributed by atoms with Gasteiger partial charge in [0.15, 0.2) is 0 Å². The second kappa shape index (κ2) is 4.03. The summed E-state index contributed by atoms with van der Waals surface area (Å²) < 4.78 is 5.21. The molecule has 1 aliphatic heterocycles. The van der Waals surface area contributed by atoms with Crippen LogP contribution in [0.3, 0.4) is 0 Å². The number of esters is 1. The molecule has 1 rings (SSSR count). The molecule has 1 fully saturated rings. The minimum Gasteiger partial charge on any atom is -0.457 e. The molecule has 0 aromatic rings. The van der Waals surface area contributed by atoms with Gasteiger partial charge in [-0.05, 0) is 33.6 Å². The van der Waals surface area contributed by atoms with E-state index in [1.54, 1.807) is 6.08 Å². The van der Waals surface area contributed by atoms with Gasteiger partial charge in [-0.3, -0.25) is 0 Å². The quantitative estimate of drug-likeness (QED) is 0.475. The summed E-state index contributed by atoms with van der Waals surface area (Å²) in [6, 6.07) is 0. The smallest absolute Gasteiger partial charge is 0.333 e. The summed E-state index contributed by atoms with van der Waals surface area (Å²) in [7, 11) is 2.00. The topological polar surface area (TPSA) is 29.5 Å². The van der Waals surface area contributed by atoms with Gasteiger partial charge in [-0.2, -0.15) is 0 Å². The molecular formula is C11H19NO2. The third-order valence-electron chi connectivity index (χ3n) is 2.11. The maximum absolute atomic E-state index is 11.4. The maximum atomic E-state index is 11.4. The van der Waals surface area contributed by atoms with Crippen molar-refractivity contribution in [2.45, 2.75) is 39.2 Å². The maximum Gasteiger partial charge on any atom is 0.333 e. The first-order chi connectivity index (χ1) is 6.38. The van der Waals surface area contributed by atoms with E-state index in [4.69, 9.17) is 4.74 Å². The molecule has 0 amide bonds. The van der Waals surface area contributed by atoms with Crippen molar-refractivity contribution >= 4 is 5.97 Å². The monoisotopic (exact) mass is 197 g/mol. The van der Waals surface area contributed by atoms with Crippen molar-refractivity contribution in [3.63, 3.8) is 0 Å². The Kier molecular flexibility index (Phi) is 3.19. The van der Waals surface area contributed by atoms with Crippen molar-refractivity contribution in [1.29, 1.82) is 0 Å². The van der Waals surface area contributed by atoms with Crippen LogP contribution in [-0.2, 0) is 9.53 Å². The van der Waals surface area contributed by atoms with E-state index in [1.807, 2.05) is 27.8 Å². The zero-order valence-corrected chi connectivity index (χ0v) is 9.46. The lowest BCUT2D eigenvalue weighted by Crippen LogP contribution is -2.23. The molecule has 0 saturated carbocycles. The summed E-state index contributed by atoms with van der Waals surface area (Å²) in [5.74, 6) is -0.235. The lowest BCUT2D eigenvalue weighted by molar-refractivity contribution is -0.148. The van der Waals surface area contributed by atoms with E-state index >= 15 is 0 Å². The van der Waals surface area contributed by atoms with E-state index in [2.05, 4.69) is 4.90 Å². The molecule has 3 heteroatoms. The van der Waals surface area contributed by atoms with E-state index < -0.39 is 5.60 Å². The van der Waals surface area contributed by atoms with Crippen LogP contribution in [0.25, 0.3) is 0 Å². The van der Waals surface area contributed by atoms with Crippen LogP contribution in [0.4, 0.5) is 0 Å². The van der Waals surface area contributed by atoms with Crippen LogP contribution in [0.1, 0.15) is 33.6 Å². The number of hydrogen-bond donors (Lipinski definition) is 0. The first-order valence-corrected chi connectivity index (χ1v) is 5.03. The van der Waals surface area contributed by atoms with Gasteiger partial charge in [0, 0.05) is 25.4 Å². The predicted octanol–water partition coefficient (Wildman–Crippen LogP) is 1.94. The van der Waals surface area contributed by atoms with Crippen LogP contribution in [0.15, 0.2) is 11.8 Å². The van der Waals surface area contributed by atoms with Crippen molar-refractivity contribution in [1.82, 2.24) is 4.90 Å². The highest BCUT2D eigenvalue weighted by Crippen LogP contribution is 2.19. The lowest BCUT2D eigenvalue weighted by Gasteiger charge is -2.19. The number of likely N-dealkylation sites (tertiary alicyclic amines) is 1. The SMILES string of the molecule is CN1CCCC1=CC(=O)OC(C)(C)C. The van der Waals surface area contributed by atoms with Crippen molar-refractivity contribution in [2.24, 2.45) is 0 Å². The zero-order chi connectivity index (χ0) is 10.8. The van der Waals surface area contributed by atoms with Gasteiger partial charge in [-0.25, -0.2) is 4.79 Å². The van der Waals surface area contributed by atoms with E-state index in [1.165, 1.54) is 0 Å². The van der Waals surface area contributed by atoms with Crippen LogP contribution < -0.4 is 0 Å². The molecular weight excluding hydrogens is 178 g/mol. The number of allylic oxidation sites excluding steroid dienone is 1. The fraction of sp³-hybridized carbons (Fsp3) is 0.727. The molecule has 0 N–H and O–H groups in total. The molecule has 0 aliphatic carbocycles. The van der Waals surface area contributed by atoms with Gasteiger partial charge in [-0.15, -0.1) is 0 Å². The van der Waals surface area contributed by atoms with Gasteiger partial charge >= 0.3 is 5.97 Å². The van der Waals surface area contributed by atoms with Crippen LogP contribution in [0.2, 0.25) is 0 Å². The number of carbonyl (C=O) groups is 1. The van der Waals surface area contributed by atoms with E-state index in [0.29, 0.717) is 0 Å². The third-order valence-corrected chi connectivity index (χ3v) is 2.11. The highest BCUT2D eigenvalue weighted by molar-refractivity contribution is 5.83. The molecule has 1 heterocycles. The Bertz CT molecular complexity index is 251. The first-order valence-electron chi connectivity index (χ1n) is 5.03. The molecule has 0 atom stereocenters. The molecule has 3 nitrogen and oxygen atoms in total. The van der Waals surface area contributed by atoms with Gasteiger partial charge in [0.25, 0.3) is 0 Å². The molecule has 0 aromatic carbocycles. The van der Waals surface area contributed by atoms with Crippen LogP contribution in [0.5, 0.6) is 0 Å². The van der Waals surface area contributed by atoms with E-state index in [0.717, 1.165) is 25.1 Å². The Balaban J connectivity index is 2.55. The van der Waals surface area contributed by atoms with E-state index in [9.17, 15) is 4.79 Å². The Morgan fingerprint density at radius 2 is 2.14 bits per heavy atom. The Morgan fingerprint density at radius 3 is 2.57 bits per heavy atom. The molecule has 0 spiro atoms. The van der Waals surface area contributed by atoms with Crippen LogP contribution >= 0.6 is 0 Å². The summed E-state index contributed by atoms with van der Waals surface area (Å²) in [4.78, 5) is 13.5. The van der Waals surface area contributed by atoms with Crippen molar-refractivity contribution in [3.8, 4) is 0 Å². The molecule has 0 radical (unpaired) electrons. The molecule has 0 bridgehead atoms. The normalized spacial score (nSPS) is 20.3. The average molecular weight is 197 g/mol. The second-order valence-electron chi connectivity index (χ2n) is 4.69. The van der Waals surface area contributed by atoms with E-state index in [-0.39, 0.29) is 5.97 Å². The molecule has 1 aliphatic rings. The fourth-order valence-corrected chi connectivity index (χ4v) is 1.48. The predicted molar refractivity (Wildman–Crippen MR) is 55.8 cm³/mol. The Morgan fingerprint density at radius 1 is 1.50 bits per heavy atom.